The molecule has 0 radical (unpaired) electrons. The second-order valence-corrected chi connectivity index (χ2v) is 8.15. The number of carbonyl (C=O) groups is 1. The largest absolute Gasteiger partial charge is 0.465 e. The number of benzene rings is 3. The number of aromatic nitrogens is 4. The number of ether oxygens (including phenoxy) is 2. The van der Waals surface area contributed by atoms with Crippen LogP contribution in [-0.2, 0) is 4.74 Å². The summed E-state index contributed by atoms with van der Waals surface area (Å²) in [5.74, 6) is 0.127. The number of carbonyl (C=O) groups excluding carboxylic acids is 1. The maximum atomic E-state index is 12.6. The van der Waals surface area contributed by atoms with Crippen molar-refractivity contribution in [3.05, 3.63) is 76.6 Å². The number of hydrogen-bond acceptors (Lipinski definition) is 7. The van der Waals surface area contributed by atoms with Crippen LogP contribution in [-0.4, -0.2) is 39.4 Å². The molecule has 3 aromatic carbocycles. The number of nitrogens with zero attached hydrogens (tertiary/aromatic N) is 3. The summed E-state index contributed by atoms with van der Waals surface area (Å²) in [6.45, 7) is 4.28. The van der Waals surface area contributed by atoms with E-state index in [1.54, 1.807) is 6.07 Å². The highest BCUT2D eigenvalue weighted by Gasteiger charge is 2.22. The summed E-state index contributed by atoms with van der Waals surface area (Å²) in [5, 5.41) is 2.77. The van der Waals surface area contributed by atoms with Gasteiger partial charge in [-0.1, -0.05) is 42.5 Å². The first-order chi connectivity index (χ1) is 17.0. The molecule has 35 heavy (non-hydrogen) atoms. The third-order valence-electron chi connectivity index (χ3n) is 5.71. The first kappa shape index (κ1) is 22.5. The van der Waals surface area contributed by atoms with Gasteiger partial charge in [0.1, 0.15) is 0 Å². The predicted octanol–water partition coefficient (Wildman–Crippen LogP) is 5.90. The van der Waals surface area contributed by atoms with Gasteiger partial charge in [-0.25, -0.2) is 9.95 Å². The van der Waals surface area contributed by atoms with Crippen molar-refractivity contribution in [1.29, 1.82) is 0 Å². The number of H-pyrrole nitrogens is 1. The van der Waals surface area contributed by atoms with Gasteiger partial charge in [0.05, 0.1) is 36.0 Å². The Morgan fingerprint density at radius 1 is 1.06 bits per heavy atom. The van der Waals surface area contributed by atoms with E-state index >= 15 is 0 Å². The van der Waals surface area contributed by atoms with E-state index in [2.05, 4.69) is 10.1 Å². The molecule has 0 aliphatic carbocycles. The number of methoxy groups -OCH3 is 1. The molecule has 0 amide bonds. The van der Waals surface area contributed by atoms with Crippen molar-refractivity contribution in [2.75, 3.05) is 13.7 Å². The smallest absolute Gasteiger partial charge is 0.340 e. The molecule has 5 aromatic rings. The number of esters is 1. The summed E-state index contributed by atoms with van der Waals surface area (Å²) in [6, 6.07) is 19.8. The van der Waals surface area contributed by atoms with Crippen LogP contribution in [0.3, 0.4) is 0 Å². The summed E-state index contributed by atoms with van der Waals surface area (Å²) in [5.41, 5.74) is 6.28. The zero-order valence-electron chi connectivity index (χ0n) is 19.4. The van der Waals surface area contributed by atoms with E-state index in [1.807, 2.05) is 73.0 Å². The van der Waals surface area contributed by atoms with Crippen molar-refractivity contribution >= 4 is 29.2 Å². The van der Waals surface area contributed by atoms with Crippen LogP contribution in [0.2, 0.25) is 0 Å². The molecule has 1 N–H and O–H groups in total. The minimum absolute atomic E-state index is 0.150. The number of nitrogens with one attached hydrogen (secondary N) is 1. The van der Waals surface area contributed by atoms with Crippen LogP contribution in [0.1, 0.15) is 22.8 Å². The molecule has 0 unspecified atom stereocenters. The van der Waals surface area contributed by atoms with Crippen LogP contribution >= 0.6 is 12.2 Å². The van der Waals surface area contributed by atoms with E-state index in [4.69, 9.17) is 31.2 Å². The zero-order chi connectivity index (χ0) is 24.5. The fraction of sp³-hybridized carbons (Fsp3) is 0.154. The predicted molar refractivity (Wildman–Crippen MR) is 134 cm³/mol. The second kappa shape index (κ2) is 9.19. The van der Waals surface area contributed by atoms with E-state index in [0.29, 0.717) is 35.0 Å². The number of hydrogen-bond donors (Lipinski definition) is 1. The minimum atomic E-state index is -0.435. The maximum Gasteiger partial charge on any atom is 0.340 e. The van der Waals surface area contributed by atoms with Crippen LogP contribution in [0.15, 0.2) is 65.2 Å². The van der Waals surface area contributed by atoms with E-state index in [0.717, 1.165) is 27.9 Å². The molecule has 0 saturated heterocycles. The molecule has 0 aliphatic rings. The molecule has 5 rings (SSSR count). The highest BCUT2D eigenvalue weighted by molar-refractivity contribution is 7.71. The lowest BCUT2D eigenvalue weighted by atomic mass is 9.99. The molecule has 8 nitrogen and oxygen atoms in total. The van der Waals surface area contributed by atoms with Crippen molar-refractivity contribution in [2.45, 2.75) is 13.8 Å². The number of aryl methyl sites for hydroxylation is 1. The van der Waals surface area contributed by atoms with Crippen LogP contribution in [0.5, 0.6) is 6.01 Å². The SMILES string of the molecule is CCOc1nc2c(C)ccc(C(=O)OC)c2n1-c1ccc(-c2ccccc2-c2nc(=S)o[nH]2)cc1. The quantitative estimate of drug-likeness (QED) is 0.236. The molecule has 0 spiro atoms. The van der Waals surface area contributed by atoms with Crippen molar-refractivity contribution in [2.24, 2.45) is 0 Å². The summed E-state index contributed by atoms with van der Waals surface area (Å²) in [6.07, 6.45) is 0. The van der Waals surface area contributed by atoms with Gasteiger partial charge in [0.25, 0.3) is 0 Å². The first-order valence-corrected chi connectivity index (χ1v) is 11.4. The Labute approximate surface area is 206 Å². The average molecular weight is 487 g/mol. The van der Waals surface area contributed by atoms with Gasteiger partial charge in [-0.2, -0.15) is 9.97 Å². The van der Waals surface area contributed by atoms with Gasteiger partial charge in [0.15, 0.2) is 5.82 Å². The molecule has 176 valence electrons. The number of imidazole rings is 1. The van der Waals surface area contributed by atoms with Crippen molar-refractivity contribution in [3.8, 4) is 34.2 Å². The summed E-state index contributed by atoms with van der Waals surface area (Å²) in [4.78, 5) is 21.7. The van der Waals surface area contributed by atoms with Crippen molar-refractivity contribution < 1.29 is 18.8 Å². The number of rotatable bonds is 6. The Kier molecular flexibility index (Phi) is 5.92. The second-order valence-electron chi connectivity index (χ2n) is 7.80. The zero-order valence-corrected chi connectivity index (χ0v) is 20.2. The van der Waals surface area contributed by atoms with Gasteiger partial charge in [0.2, 0.25) is 0 Å². The third-order valence-corrected chi connectivity index (χ3v) is 5.89. The van der Waals surface area contributed by atoms with E-state index in [9.17, 15) is 4.79 Å². The standard InChI is InChI=1S/C26H22N4O4S/c1-4-33-25-27-21-15(2)9-14-20(24(31)32-3)22(21)30(25)17-12-10-16(11-13-17)18-7-5-6-8-19(18)23-28-26(35)34-29-23/h5-14H,4H2,1-3H3,(H,28,29,35). The van der Waals surface area contributed by atoms with Gasteiger partial charge < -0.3 is 14.0 Å². The highest BCUT2D eigenvalue weighted by Crippen LogP contribution is 2.34. The monoisotopic (exact) mass is 486 g/mol. The Morgan fingerprint density at radius 3 is 2.46 bits per heavy atom. The lowest BCUT2D eigenvalue weighted by molar-refractivity contribution is 0.0602. The van der Waals surface area contributed by atoms with Gasteiger partial charge in [-0.3, -0.25) is 4.57 Å². The Morgan fingerprint density at radius 2 is 1.80 bits per heavy atom. The molecule has 2 heterocycles. The fourth-order valence-corrected chi connectivity index (χ4v) is 4.24. The molecule has 0 aliphatic heterocycles. The fourth-order valence-electron chi connectivity index (χ4n) is 4.10. The molecular formula is C26H22N4O4S. The van der Waals surface area contributed by atoms with Crippen molar-refractivity contribution in [3.63, 3.8) is 0 Å². The number of aromatic amines is 1. The molecule has 0 saturated carbocycles. The van der Waals surface area contributed by atoms with E-state index in [-0.39, 0.29) is 4.84 Å². The van der Waals surface area contributed by atoms with Gasteiger partial charge in [0, 0.05) is 5.56 Å². The molecule has 9 heteroatoms. The highest BCUT2D eigenvalue weighted by atomic mass is 32.1. The van der Waals surface area contributed by atoms with Gasteiger partial charge in [-0.15, -0.1) is 0 Å². The normalized spacial score (nSPS) is 11.1. The van der Waals surface area contributed by atoms with Crippen LogP contribution in [0.4, 0.5) is 0 Å². The lowest BCUT2D eigenvalue weighted by Crippen LogP contribution is -2.07. The summed E-state index contributed by atoms with van der Waals surface area (Å²) < 4.78 is 17.9. The Hall–Kier alpha value is -4.24. The topological polar surface area (TPSA) is 95.2 Å². The van der Waals surface area contributed by atoms with Crippen molar-refractivity contribution in [1.82, 2.24) is 19.7 Å². The van der Waals surface area contributed by atoms with Crippen LogP contribution in [0.25, 0.3) is 39.2 Å². The minimum Gasteiger partial charge on any atom is -0.465 e. The Balaban J connectivity index is 1.67. The maximum absolute atomic E-state index is 12.6. The third kappa shape index (κ3) is 4.00. The number of fused-ring (bicyclic) bond motifs is 1. The van der Waals surface area contributed by atoms with E-state index in [1.165, 1.54) is 7.11 Å². The van der Waals surface area contributed by atoms with Gasteiger partial charge >= 0.3 is 16.8 Å². The molecule has 2 aromatic heterocycles. The lowest BCUT2D eigenvalue weighted by Gasteiger charge is -2.13. The average Bonchev–Trinajstić information content (AvgIpc) is 3.48. The Bertz CT molecular complexity index is 1600. The van der Waals surface area contributed by atoms with Gasteiger partial charge in [-0.05, 0) is 61.0 Å². The van der Waals surface area contributed by atoms with E-state index < -0.39 is 5.97 Å². The molecular weight excluding hydrogens is 464 g/mol. The van der Waals surface area contributed by atoms with Crippen LogP contribution < -0.4 is 4.74 Å². The molecule has 0 atom stereocenters. The summed E-state index contributed by atoms with van der Waals surface area (Å²) in [7, 11) is 1.37. The first-order valence-electron chi connectivity index (χ1n) is 11.0. The molecule has 0 bridgehead atoms. The summed E-state index contributed by atoms with van der Waals surface area (Å²) >= 11 is 5.01. The van der Waals surface area contributed by atoms with Crippen LogP contribution in [0, 0.1) is 11.8 Å². The molecule has 0 fully saturated rings.